The third kappa shape index (κ3) is 2.53. The Balaban J connectivity index is 2.52. The molecule has 0 atom stereocenters. The number of aromatic nitrogens is 1. The minimum Gasteiger partial charge on any atom is -0.346 e. The topological polar surface area (TPSA) is 39.1 Å². The summed E-state index contributed by atoms with van der Waals surface area (Å²) in [5.74, 6) is 2.57. The van der Waals surface area contributed by atoms with Crippen LogP contribution in [-0.4, -0.2) is 13.0 Å². The van der Waals surface area contributed by atoms with Gasteiger partial charge in [0, 0.05) is 40.7 Å². The number of hydrogen-bond acceptors (Lipinski definition) is 2. The standard InChI is InChI=1S/C13H12ClNO2S/c1-2-3-6-9-15-10-13(18(14,16)17)11-7-4-5-8-12(11)15/h1,4-5,7-8,10H,3,6,9H2. The van der Waals surface area contributed by atoms with Gasteiger partial charge in [-0.05, 0) is 12.5 Å². The molecule has 0 fully saturated rings. The Hall–Kier alpha value is -1.44. The lowest BCUT2D eigenvalue weighted by Crippen LogP contribution is -1.95. The van der Waals surface area contributed by atoms with Crippen LogP contribution in [0.25, 0.3) is 10.9 Å². The lowest BCUT2D eigenvalue weighted by atomic mass is 10.2. The molecular formula is C13H12ClNO2S. The molecule has 0 saturated carbocycles. The number of benzene rings is 1. The van der Waals surface area contributed by atoms with E-state index in [2.05, 4.69) is 5.92 Å². The van der Waals surface area contributed by atoms with Crippen molar-refractivity contribution in [1.82, 2.24) is 4.57 Å². The summed E-state index contributed by atoms with van der Waals surface area (Å²) in [6.07, 6.45) is 8.24. The van der Waals surface area contributed by atoms with Gasteiger partial charge >= 0.3 is 0 Å². The van der Waals surface area contributed by atoms with E-state index in [1.807, 2.05) is 16.7 Å². The van der Waals surface area contributed by atoms with Gasteiger partial charge in [0.05, 0.1) is 0 Å². The van der Waals surface area contributed by atoms with E-state index in [0.29, 0.717) is 18.4 Å². The van der Waals surface area contributed by atoms with Crippen molar-refractivity contribution in [2.45, 2.75) is 24.3 Å². The number of rotatable bonds is 4. The van der Waals surface area contributed by atoms with Gasteiger partial charge in [0.1, 0.15) is 4.90 Å². The van der Waals surface area contributed by atoms with Gasteiger partial charge in [0.15, 0.2) is 0 Å². The molecule has 1 aromatic carbocycles. The van der Waals surface area contributed by atoms with Crippen LogP contribution < -0.4 is 0 Å². The van der Waals surface area contributed by atoms with E-state index in [9.17, 15) is 8.42 Å². The number of unbranched alkanes of at least 4 members (excludes halogenated alkanes) is 1. The van der Waals surface area contributed by atoms with Crippen LogP contribution in [0.1, 0.15) is 12.8 Å². The maximum atomic E-state index is 11.5. The molecule has 0 aliphatic carbocycles. The van der Waals surface area contributed by atoms with Gasteiger partial charge in [-0.2, -0.15) is 0 Å². The summed E-state index contributed by atoms with van der Waals surface area (Å²) in [7, 11) is 1.71. The fourth-order valence-electron chi connectivity index (χ4n) is 1.94. The van der Waals surface area contributed by atoms with E-state index in [-0.39, 0.29) is 4.90 Å². The van der Waals surface area contributed by atoms with E-state index >= 15 is 0 Å². The molecule has 0 aliphatic rings. The molecule has 3 nitrogen and oxygen atoms in total. The van der Waals surface area contributed by atoms with Crippen LogP contribution in [0.3, 0.4) is 0 Å². The zero-order chi connectivity index (χ0) is 13.2. The minimum atomic E-state index is -3.73. The van der Waals surface area contributed by atoms with Crippen LogP contribution in [0.15, 0.2) is 35.4 Å². The number of nitrogens with zero attached hydrogens (tertiary/aromatic N) is 1. The highest BCUT2D eigenvalue weighted by Gasteiger charge is 2.17. The van der Waals surface area contributed by atoms with Gasteiger partial charge in [-0.3, -0.25) is 0 Å². The molecule has 0 bridgehead atoms. The summed E-state index contributed by atoms with van der Waals surface area (Å²) in [5.41, 5.74) is 0.855. The summed E-state index contributed by atoms with van der Waals surface area (Å²) in [5, 5.41) is 0.646. The summed E-state index contributed by atoms with van der Waals surface area (Å²) in [4.78, 5) is 0.153. The SMILES string of the molecule is C#CCCCn1cc(S(=O)(=O)Cl)c2ccccc21. The van der Waals surface area contributed by atoms with Gasteiger partial charge in [0.2, 0.25) is 0 Å². The third-order valence-corrected chi connectivity index (χ3v) is 4.08. The Labute approximate surface area is 111 Å². The zero-order valence-corrected chi connectivity index (χ0v) is 11.2. The van der Waals surface area contributed by atoms with E-state index in [1.54, 1.807) is 18.3 Å². The molecule has 5 heteroatoms. The number of fused-ring (bicyclic) bond motifs is 1. The summed E-state index contributed by atoms with van der Waals surface area (Å²) < 4.78 is 24.9. The largest absolute Gasteiger partial charge is 0.346 e. The highest BCUT2D eigenvalue weighted by atomic mass is 35.7. The average Bonchev–Trinajstić information content (AvgIpc) is 2.69. The van der Waals surface area contributed by atoms with Crippen molar-refractivity contribution >= 4 is 30.6 Å². The molecule has 2 aromatic rings. The first-order valence-corrected chi connectivity index (χ1v) is 7.81. The lowest BCUT2D eigenvalue weighted by Gasteiger charge is -2.02. The van der Waals surface area contributed by atoms with Crippen molar-refractivity contribution in [1.29, 1.82) is 0 Å². The molecule has 1 heterocycles. The number of hydrogen-bond donors (Lipinski definition) is 0. The summed E-state index contributed by atoms with van der Waals surface area (Å²) in [6.45, 7) is 0.678. The van der Waals surface area contributed by atoms with Crippen LogP contribution >= 0.6 is 10.7 Å². The van der Waals surface area contributed by atoms with Gasteiger partial charge < -0.3 is 4.57 Å². The highest BCUT2D eigenvalue weighted by Crippen LogP contribution is 2.28. The van der Waals surface area contributed by atoms with Gasteiger partial charge in [-0.25, -0.2) is 8.42 Å². The van der Waals surface area contributed by atoms with E-state index < -0.39 is 9.05 Å². The van der Waals surface area contributed by atoms with Crippen LogP contribution in [0.2, 0.25) is 0 Å². The van der Waals surface area contributed by atoms with Crippen LogP contribution in [0.4, 0.5) is 0 Å². The first-order valence-electron chi connectivity index (χ1n) is 5.50. The second-order valence-corrected chi connectivity index (χ2v) is 6.48. The zero-order valence-electron chi connectivity index (χ0n) is 9.64. The van der Waals surface area contributed by atoms with Crippen LogP contribution in [-0.2, 0) is 15.6 Å². The van der Waals surface area contributed by atoms with Gasteiger partial charge in [-0.1, -0.05) is 18.2 Å². The van der Waals surface area contributed by atoms with E-state index in [0.717, 1.165) is 11.9 Å². The fraction of sp³-hybridized carbons (Fsp3) is 0.231. The van der Waals surface area contributed by atoms with E-state index in [1.165, 1.54) is 0 Å². The van der Waals surface area contributed by atoms with E-state index in [4.69, 9.17) is 17.1 Å². The van der Waals surface area contributed by atoms with Crippen molar-refractivity contribution in [2.24, 2.45) is 0 Å². The molecule has 0 amide bonds. The van der Waals surface area contributed by atoms with Crippen LogP contribution in [0, 0.1) is 12.3 Å². The third-order valence-electron chi connectivity index (χ3n) is 2.73. The molecule has 1 aromatic heterocycles. The number of halogens is 1. The van der Waals surface area contributed by atoms with Crippen molar-refractivity contribution < 1.29 is 8.42 Å². The Morgan fingerprint density at radius 3 is 2.72 bits per heavy atom. The molecule has 0 radical (unpaired) electrons. The summed E-state index contributed by atoms with van der Waals surface area (Å²) in [6, 6.07) is 7.28. The molecule has 0 aliphatic heterocycles. The number of para-hydroxylation sites is 1. The Bertz CT molecular complexity index is 710. The molecule has 0 saturated heterocycles. The molecule has 18 heavy (non-hydrogen) atoms. The maximum absolute atomic E-state index is 11.5. The number of terminal acetylenes is 1. The minimum absolute atomic E-state index is 0.153. The highest BCUT2D eigenvalue weighted by molar-refractivity contribution is 8.14. The summed E-state index contributed by atoms with van der Waals surface area (Å²) >= 11 is 0. The smallest absolute Gasteiger partial charge is 0.263 e. The maximum Gasteiger partial charge on any atom is 0.263 e. The molecule has 0 N–H and O–H groups in total. The fourth-order valence-corrected chi connectivity index (χ4v) is 3.00. The second kappa shape index (κ2) is 5.05. The predicted octanol–water partition coefficient (Wildman–Crippen LogP) is 2.98. The second-order valence-electron chi connectivity index (χ2n) is 3.95. The average molecular weight is 282 g/mol. The Morgan fingerprint density at radius 1 is 1.33 bits per heavy atom. The number of aryl methyl sites for hydroxylation is 1. The lowest BCUT2D eigenvalue weighted by molar-refractivity contribution is 0.609. The quantitative estimate of drug-likeness (QED) is 0.491. The van der Waals surface area contributed by atoms with Crippen molar-refractivity contribution in [2.75, 3.05) is 0 Å². The normalized spacial score (nSPS) is 11.6. The Morgan fingerprint density at radius 2 is 2.06 bits per heavy atom. The van der Waals surface area contributed by atoms with Crippen molar-refractivity contribution in [3.63, 3.8) is 0 Å². The van der Waals surface area contributed by atoms with Gasteiger partial charge in [-0.15, -0.1) is 12.3 Å². The monoisotopic (exact) mass is 281 g/mol. The first kappa shape index (κ1) is 13.0. The predicted molar refractivity (Wildman–Crippen MR) is 73.0 cm³/mol. The first-order chi connectivity index (χ1) is 8.54. The molecule has 0 spiro atoms. The van der Waals surface area contributed by atoms with Crippen molar-refractivity contribution in [3.05, 3.63) is 30.5 Å². The Kier molecular flexibility index (Phi) is 3.65. The molecule has 94 valence electrons. The molecular weight excluding hydrogens is 270 g/mol. The van der Waals surface area contributed by atoms with Crippen molar-refractivity contribution in [3.8, 4) is 12.3 Å². The van der Waals surface area contributed by atoms with Crippen LogP contribution in [0.5, 0.6) is 0 Å². The van der Waals surface area contributed by atoms with Gasteiger partial charge in [0.25, 0.3) is 9.05 Å². The molecule has 2 rings (SSSR count). The molecule has 0 unspecified atom stereocenters.